The molecule has 0 bridgehead atoms. The van der Waals surface area contributed by atoms with Gasteiger partial charge in [0.25, 0.3) is 5.91 Å². The molecule has 2 heterocycles. The fraction of sp³-hybridized carbons (Fsp3) is 0.294. The molecule has 0 unspecified atom stereocenters. The van der Waals surface area contributed by atoms with Crippen LogP contribution in [0.25, 0.3) is 0 Å². The van der Waals surface area contributed by atoms with Crippen molar-refractivity contribution in [1.82, 2.24) is 9.80 Å². The first-order valence-corrected chi connectivity index (χ1v) is 8.57. The van der Waals surface area contributed by atoms with E-state index in [1.54, 1.807) is 42.3 Å². The Labute approximate surface area is 143 Å². The zero-order valence-corrected chi connectivity index (χ0v) is 14.0. The Kier molecular flexibility index (Phi) is 4.89. The molecule has 5 nitrogen and oxygen atoms in total. The average Bonchev–Trinajstić information content (AvgIpc) is 3.23. The number of nitrogens with zero attached hydrogens (tertiary/aromatic N) is 2. The van der Waals surface area contributed by atoms with Gasteiger partial charge in [0.1, 0.15) is 11.2 Å². The second-order valence-electron chi connectivity index (χ2n) is 5.48. The van der Waals surface area contributed by atoms with Crippen molar-refractivity contribution in [2.24, 2.45) is 0 Å². The number of amides is 2. The molecular formula is C17H17FN2O3S. The summed E-state index contributed by atoms with van der Waals surface area (Å²) in [5.74, 6) is -0.0525. The van der Waals surface area contributed by atoms with Gasteiger partial charge in [0.05, 0.1) is 12.0 Å². The predicted molar refractivity (Wildman–Crippen MR) is 89.0 cm³/mol. The molecule has 0 saturated carbocycles. The normalized spacial score (nSPS) is 17.3. The van der Waals surface area contributed by atoms with Crippen LogP contribution in [0.3, 0.4) is 0 Å². The third kappa shape index (κ3) is 3.31. The van der Waals surface area contributed by atoms with E-state index in [0.717, 1.165) is 0 Å². The van der Waals surface area contributed by atoms with Crippen LogP contribution in [0, 0.1) is 5.82 Å². The largest absolute Gasteiger partial charge is 0.459 e. The van der Waals surface area contributed by atoms with Gasteiger partial charge in [-0.1, -0.05) is 18.2 Å². The molecule has 1 aromatic carbocycles. The molecule has 2 aromatic rings. The minimum atomic E-state index is -0.356. The lowest BCUT2D eigenvalue weighted by Gasteiger charge is -2.26. The fourth-order valence-corrected chi connectivity index (χ4v) is 3.82. The number of hydrogen-bond donors (Lipinski definition) is 0. The number of thioether (sulfide) groups is 1. The fourth-order valence-electron chi connectivity index (χ4n) is 2.58. The third-order valence-corrected chi connectivity index (χ3v) is 5.13. The number of rotatable bonds is 5. The second-order valence-corrected chi connectivity index (χ2v) is 6.54. The zero-order chi connectivity index (χ0) is 17.1. The SMILES string of the molecule is CN(CCN1C(=O)CS[C@@H]1c1ccccc1F)C(=O)c1ccco1. The molecule has 1 aromatic heterocycles. The molecule has 0 radical (unpaired) electrons. The number of benzene rings is 1. The molecule has 7 heteroatoms. The highest BCUT2D eigenvalue weighted by Gasteiger charge is 2.34. The van der Waals surface area contributed by atoms with Crippen molar-refractivity contribution in [2.75, 3.05) is 25.9 Å². The molecule has 0 aliphatic carbocycles. The summed E-state index contributed by atoms with van der Waals surface area (Å²) >= 11 is 1.40. The third-order valence-electron chi connectivity index (χ3n) is 3.89. The second kappa shape index (κ2) is 7.09. The highest BCUT2D eigenvalue weighted by Crippen LogP contribution is 2.39. The van der Waals surface area contributed by atoms with E-state index in [1.807, 2.05) is 0 Å². The lowest BCUT2D eigenvalue weighted by Crippen LogP contribution is -2.38. The highest BCUT2D eigenvalue weighted by atomic mass is 32.2. The molecule has 1 fully saturated rings. The van der Waals surface area contributed by atoms with Crippen molar-refractivity contribution in [3.8, 4) is 0 Å². The molecule has 0 spiro atoms. The summed E-state index contributed by atoms with van der Waals surface area (Å²) in [6.45, 7) is 0.685. The molecular weight excluding hydrogens is 331 g/mol. The van der Waals surface area contributed by atoms with Gasteiger partial charge in [-0.2, -0.15) is 0 Å². The van der Waals surface area contributed by atoms with Gasteiger partial charge in [0.15, 0.2) is 5.76 Å². The maximum atomic E-state index is 14.0. The van der Waals surface area contributed by atoms with E-state index in [-0.39, 0.29) is 28.8 Å². The van der Waals surface area contributed by atoms with Gasteiger partial charge >= 0.3 is 0 Å². The summed E-state index contributed by atoms with van der Waals surface area (Å²) in [5, 5.41) is -0.356. The summed E-state index contributed by atoms with van der Waals surface area (Å²) in [6.07, 6.45) is 1.44. The van der Waals surface area contributed by atoms with Gasteiger partial charge in [0.2, 0.25) is 5.91 Å². The monoisotopic (exact) mass is 348 g/mol. The average molecular weight is 348 g/mol. The zero-order valence-electron chi connectivity index (χ0n) is 13.1. The van der Waals surface area contributed by atoms with E-state index in [9.17, 15) is 14.0 Å². The molecule has 1 saturated heterocycles. The van der Waals surface area contributed by atoms with Gasteiger partial charge in [-0.25, -0.2) is 4.39 Å². The van der Waals surface area contributed by atoms with Crippen molar-refractivity contribution in [3.05, 3.63) is 59.8 Å². The molecule has 2 amide bonds. The topological polar surface area (TPSA) is 53.8 Å². The Balaban J connectivity index is 1.67. The van der Waals surface area contributed by atoms with Crippen LogP contribution < -0.4 is 0 Å². The first-order chi connectivity index (χ1) is 11.6. The van der Waals surface area contributed by atoms with Crippen LogP contribution in [-0.2, 0) is 4.79 Å². The molecule has 1 aliphatic rings. The van der Waals surface area contributed by atoms with Crippen LogP contribution in [0.4, 0.5) is 4.39 Å². The Morgan fingerprint density at radius 1 is 1.38 bits per heavy atom. The molecule has 0 N–H and O–H groups in total. The standard InChI is InChI=1S/C17H17FN2O3S/c1-19(16(22)14-7-4-10-23-14)8-9-20-15(21)11-24-17(20)12-5-2-3-6-13(12)18/h2-7,10,17H,8-9,11H2,1H3/t17-/m1/s1. The van der Waals surface area contributed by atoms with E-state index >= 15 is 0 Å². The van der Waals surface area contributed by atoms with E-state index < -0.39 is 0 Å². The van der Waals surface area contributed by atoms with Crippen LogP contribution >= 0.6 is 11.8 Å². The van der Waals surface area contributed by atoms with E-state index in [1.165, 1.54) is 29.0 Å². The summed E-state index contributed by atoms with van der Waals surface area (Å²) in [4.78, 5) is 27.4. The Bertz CT molecular complexity index is 735. The van der Waals surface area contributed by atoms with Crippen LogP contribution in [-0.4, -0.2) is 47.5 Å². The summed E-state index contributed by atoms with van der Waals surface area (Å²) in [6, 6.07) is 9.71. The lowest BCUT2D eigenvalue weighted by atomic mass is 10.2. The smallest absolute Gasteiger partial charge is 0.289 e. The first kappa shape index (κ1) is 16.6. The maximum absolute atomic E-state index is 14.0. The van der Waals surface area contributed by atoms with Gasteiger partial charge in [0, 0.05) is 25.7 Å². The molecule has 24 heavy (non-hydrogen) atoms. The number of hydrogen-bond acceptors (Lipinski definition) is 4. The molecule has 3 rings (SSSR count). The van der Waals surface area contributed by atoms with Crippen molar-refractivity contribution < 1.29 is 18.4 Å². The van der Waals surface area contributed by atoms with Crippen molar-refractivity contribution in [2.45, 2.75) is 5.37 Å². The quantitative estimate of drug-likeness (QED) is 0.834. The van der Waals surface area contributed by atoms with E-state index in [2.05, 4.69) is 0 Å². The highest BCUT2D eigenvalue weighted by molar-refractivity contribution is 8.00. The van der Waals surface area contributed by atoms with E-state index in [4.69, 9.17) is 4.42 Å². The first-order valence-electron chi connectivity index (χ1n) is 7.52. The number of halogens is 1. The van der Waals surface area contributed by atoms with Crippen molar-refractivity contribution >= 4 is 23.6 Å². The van der Waals surface area contributed by atoms with Gasteiger partial charge in [-0.15, -0.1) is 11.8 Å². The van der Waals surface area contributed by atoms with Gasteiger partial charge in [-0.3, -0.25) is 9.59 Å². The summed E-state index contributed by atoms with van der Waals surface area (Å²) in [7, 11) is 1.65. The number of furan rings is 1. The Hall–Kier alpha value is -2.28. The van der Waals surface area contributed by atoms with Gasteiger partial charge < -0.3 is 14.2 Å². The minimum Gasteiger partial charge on any atom is -0.459 e. The summed E-state index contributed by atoms with van der Waals surface area (Å²) in [5.41, 5.74) is 0.494. The molecule has 1 aliphatic heterocycles. The van der Waals surface area contributed by atoms with Crippen molar-refractivity contribution in [3.63, 3.8) is 0 Å². The lowest BCUT2D eigenvalue weighted by molar-refractivity contribution is -0.128. The number of likely N-dealkylation sites (N-methyl/N-ethyl adjacent to an activating group) is 1. The van der Waals surface area contributed by atoms with Crippen LogP contribution in [0.5, 0.6) is 0 Å². The van der Waals surface area contributed by atoms with E-state index in [0.29, 0.717) is 24.4 Å². The van der Waals surface area contributed by atoms with Crippen molar-refractivity contribution in [1.29, 1.82) is 0 Å². The van der Waals surface area contributed by atoms with Crippen LogP contribution in [0.15, 0.2) is 47.1 Å². The molecule has 1 atom stereocenters. The number of carbonyl (C=O) groups is 2. The molecule has 126 valence electrons. The van der Waals surface area contributed by atoms with Gasteiger partial charge in [-0.05, 0) is 18.2 Å². The van der Waals surface area contributed by atoms with Crippen LogP contribution in [0.1, 0.15) is 21.5 Å². The predicted octanol–water partition coefficient (Wildman–Crippen LogP) is 2.76. The van der Waals surface area contributed by atoms with Crippen LogP contribution in [0.2, 0.25) is 0 Å². The Morgan fingerprint density at radius 2 is 2.17 bits per heavy atom. The summed E-state index contributed by atoms with van der Waals surface area (Å²) < 4.78 is 19.1. The Morgan fingerprint density at radius 3 is 2.88 bits per heavy atom. The number of carbonyl (C=O) groups excluding carboxylic acids is 2. The maximum Gasteiger partial charge on any atom is 0.289 e. The minimum absolute atomic E-state index is 0.0490.